The van der Waals surface area contributed by atoms with Crippen molar-refractivity contribution in [1.82, 2.24) is 4.90 Å². The first-order valence-electron chi connectivity index (χ1n) is 12.3. The van der Waals surface area contributed by atoms with Crippen LogP contribution in [0.25, 0.3) is 0 Å². The van der Waals surface area contributed by atoms with Crippen LogP contribution in [-0.2, 0) is 16.1 Å². The number of rotatable bonds is 13. The van der Waals surface area contributed by atoms with Gasteiger partial charge >= 0.3 is 6.09 Å². The normalized spacial score (nSPS) is 15.8. The number of carbonyl (C=O) groups excluding carboxylic acids is 2. The van der Waals surface area contributed by atoms with Gasteiger partial charge in [-0.1, -0.05) is 75.4 Å². The molecule has 0 saturated heterocycles. The number of nitrogens with one attached hydrogen (secondary N) is 1. The molecule has 188 valence electrons. The van der Waals surface area contributed by atoms with E-state index in [1.54, 1.807) is 18.9 Å². The topological polar surface area (TPSA) is 67.9 Å². The van der Waals surface area contributed by atoms with E-state index in [0.717, 1.165) is 41.2 Å². The highest BCUT2D eigenvalue weighted by Crippen LogP contribution is 2.32. The summed E-state index contributed by atoms with van der Waals surface area (Å²) in [5.41, 5.74) is 1.84. The molecule has 2 aromatic rings. The molecular weight excluding hydrogens is 460 g/mol. The van der Waals surface area contributed by atoms with Crippen LogP contribution in [0.2, 0.25) is 0 Å². The first kappa shape index (κ1) is 26.7. The predicted molar refractivity (Wildman–Crippen MR) is 142 cm³/mol. The summed E-state index contributed by atoms with van der Waals surface area (Å²) in [5.74, 6) is 0.448. The lowest BCUT2D eigenvalue weighted by molar-refractivity contribution is -0.124. The van der Waals surface area contributed by atoms with Crippen LogP contribution in [0.1, 0.15) is 51.0 Å². The quantitative estimate of drug-likeness (QED) is 0.247. The van der Waals surface area contributed by atoms with Gasteiger partial charge in [0, 0.05) is 16.7 Å². The third kappa shape index (κ3) is 7.52. The molecule has 6 nitrogen and oxygen atoms in total. The largest absolute Gasteiger partial charge is 0.497 e. The molecule has 3 rings (SSSR count). The van der Waals surface area contributed by atoms with Crippen LogP contribution in [0.15, 0.2) is 65.6 Å². The van der Waals surface area contributed by atoms with Gasteiger partial charge in [-0.05, 0) is 36.4 Å². The maximum Gasteiger partial charge on any atom is 0.417 e. The summed E-state index contributed by atoms with van der Waals surface area (Å²) >= 11 is 1.63. The Labute approximate surface area is 213 Å². The zero-order valence-corrected chi connectivity index (χ0v) is 21.7. The molecule has 1 N–H and O–H groups in total. The summed E-state index contributed by atoms with van der Waals surface area (Å²) in [4.78, 5) is 28.0. The van der Waals surface area contributed by atoms with Gasteiger partial charge in [0.2, 0.25) is 0 Å². The minimum atomic E-state index is -0.619. The summed E-state index contributed by atoms with van der Waals surface area (Å²) in [5, 5.41) is 3.63. The number of amides is 2. The van der Waals surface area contributed by atoms with Crippen molar-refractivity contribution in [2.45, 2.75) is 69.0 Å². The zero-order chi connectivity index (χ0) is 25.0. The molecular formula is C28H36N2O4S. The highest BCUT2D eigenvalue weighted by molar-refractivity contribution is 7.98. The van der Waals surface area contributed by atoms with Crippen molar-refractivity contribution < 1.29 is 19.1 Å². The van der Waals surface area contributed by atoms with Crippen molar-refractivity contribution in [3.05, 3.63) is 66.2 Å². The van der Waals surface area contributed by atoms with Gasteiger partial charge < -0.3 is 14.8 Å². The van der Waals surface area contributed by atoms with Gasteiger partial charge in [0.25, 0.3) is 5.91 Å². The summed E-state index contributed by atoms with van der Waals surface area (Å²) < 4.78 is 10.9. The number of hydrogen-bond acceptors (Lipinski definition) is 6. The van der Waals surface area contributed by atoms with Crippen molar-refractivity contribution in [2.75, 3.05) is 18.7 Å². The van der Waals surface area contributed by atoms with Crippen LogP contribution in [0.5, 0.6) is 5.75 Å². The van der Waals surface area contributed by atoms with E-state index in [-0.39, 0.29) is 18.6 Å². The number of carbonyl (C=O) groups is 2. The number of thioether (sulfide) groups is 1. The number of nitrogens with zero attached hydrogens (tertiary/aromatic N) is 1. The van der Waals surface area contributed by atoms with Crippen molar-refractivity contribution in [2.24, 2.45) is 0 Å². The summed E-state index contributed by atoms with van der Waals surface area (Å²) in [6, 6.07) is 14.8. The molecule has 2 aromatic carbocycles. The molecule has 0 aromatic heterocycles. The number of ether oxygens (including phenoxy) is 2. The smallest absolute Gasteiger partial charge is 0.417 e. The second-order valence-electron chi connectivity index (χ2n) is 8.62. The molecule has 0 unspecified atom stereocenters. The molecule has 7 heteroatoms. The number of methoxy groups -OCH3 is 1. The van der Waals surface area contributed by atoms with E-state index in [0.29, 0.717) is 0 Å². The molecule has 0 fully saturated rings. The van der Waals surface area contributed by atoms with E-state index in [4.69, 9.17) is 9.47 Å². The van der Waals surface area contributed by atoms with Gasteiger partial charge in [0.05, 0.1) is 19.2 Å². The second kappa shape index (κ2) is 13.8. The van der Waals surface area contributed by atoms with Crippen molar-refractivity contribution in [3.8, 4) is 5.75 Å². The second-order valence-corrected chi connectivity index (χ2v) is 9.47. The Bertz CT molecular complexity index is 996. The third-order valence-corrected chi connectivity index (χ3v) is 6.93. The molecule has 1 heterocycles. The average molecular weight is 497 g/mol. The van der Waals surface area contributed by atoms with Crippen LogP contribution in [-0.4, -0.2) is 42.3 Å². The summed E-state index contributed by atoms with van der Waals surface area (Å²) in [7, 11) is 1.65. The Balaban J connectivity index is 1.77. The van der Waals surface area contributed by atoms with Crippen LogP contribution in [0.4, 0.5) is 10.5 Å². The molecule has 0 spiro atoms. The summed E-state index contributed by atoms with van der Waals surface area (Å²) in [6.07, 6.45) is 11.2. The Kier molecular flexibility index (Phi) is 10.5. The van der Waals surface area contributed by atoms with E-state index < -0.39 is 12.1 Å². The SMILES string of the molecule is CCCCCCC[C@H](Nc1ccc(OC)cc1SC)[C@H]1C=CC(=O)N1C(=O)OCc1ccccc1. The maximum absolute atomic E-state index is 13.0. The monoisotopic (exact) mass is 496 g/mol. The number of hydrogen-bond donors (Lipinski definition) is 1. The molecule has 0 aliphatic carbocycles. The lowest BCUT2D eigenvalue weighted by Gasteiger charge is -2.31. The molecule has 0 radical (unpaired) electrons. The van der Waals surface area contributed by atoms with E-state index in [1.807, 2.05) is 60.9 Å². The Morgan fingerprint density at radius 2 is 1.89 bits per heavy atom. The van der Waals surface area contributed by atoms with Crippen molar-refractivity contribution in [3.63, 3.8) is 0 Å². The van der Waals surface area contributed by atoms with Crippen LogP contribution < -0.4 is 10.1 Å². The van der Waals surface area contributed by atoms with Gasteiger partial charge in [0.15, 0.2) is 0 Å². The van der Waals surface area contributed by atoms with E-state index in [2.05, 4.69) is 12.2 Å². The minimum absolute atomic E-state index is 0.125. The molecule has 0 saturated carbocycles. The molecule has 0 bridgehead atoms. The van der Waals surface area contributed by atoms with Crippen molar-refractivity contribution in [1.29, 1.82) is 0 Å². The lowest BCUT2D eigenvalue weighted by Crippen LogP contribution is -2.48. The lowest BCUT2D eigenvalue weighted by atomic mass is 9.99. The van der Waals surface area contributed by atoms with Gasteiger partial charge in [-0.2, -0.15) is 0 Å². The average Bonchev–Trinajstić information content (AvgIpc) is 3.28. The third-order valence-electron chi connectivity index (χ3n) is 6.15. The first-order chi connectivity index (χ1) is 17.1. The Morgan fingerprint density at radius 3 is 2.60 bits per heavy atom. The fraction of sp³-hybridized carbons (Fsp3) is 0.429. The summed E-state index contributed by atoms with van der Waals surface area (Å²) in [6.45, 7) is 2.33. The van der Waals surface area contributed by atoms with Crippen molar-refractivity contribution >= 4 is 29.4 Å². The Morgan fingerprint density at radius 1 is 1.11 bits per heavy atom. The fourth-order valence-corrected chi connectivity index (χ4v) is 4.80. The van der Waals surface area contributed by atoms with E-state index in [1.165, 1.54) is 30.2 Å². The number of imide groups is 1. The standard InChI is InChI=1S/C28H36N2O4S/c1-4-5-6-7-11-14-23(29-24-16-15-22(33-2)19-26(24)35-3)25-17-18-27(31)30(25)28(32)34-20-21-12-9-8-10-13-21/h8-10,12-13,15-19,23,25,29H,4-7,11,14,20H2,1-3H3/t23-,25+/m0/s1. The van der Waals surface area contributed by atoms with E-state index in [9.17, 15) is 9.59 Å². The highest BCUT2D eigenvalue weighted by atomic mass is 32.2. The molecule has 2 amide bonds. The highest BCUT2D eigenvalue weighted by Gasteiger charge is 2.38. The van der Waals surface area contributed by atoms with Gasteiger partial charge in [-0.15, -0.1) is 11.8 Å². The number of benzene rings is 2. The molecule has 35 heavy (non-hydrogen) atoms. The van der Waals surface area contributed by atoms with Gasteiger partial charge in [-0.25, -0.2) is 9.69 Å². The van der Waals surface area contributed by atoms with Crippen LogP contribution >= 0.6 is 11.8 Å². The van der Waals surface area contributed by atoms with Crippen LogP contribution in [0.3, 0.4) is 0 Å². The maximum atomic E-state index is 13.0. The predicted octanol–water partition coefficient (Wildman–Crippen LogP) is 6.66. The number of unbranched alkanes of at least 4 members (excludes halogenated alkanes) is 4. The molecule has 1 aliphatic rings. The van der Waals surface area contributed by atoms with Gasteiger partial charge in [-0.3, -0.25) is 4.79 Å². The first-order valence-corrected chi connectivity index (χ1v) is 13.5. The fourth-order valence-electron chi connectivity index (χ4n) is 4.22. The Hall–Kier alpha value is -2.93. The van der Waals surface area contributed by atoms with Crippen LogP contribution in [0, 0.1) is 0 Å². The van der Waals surface area contributed by atoms with Gasteiger partial charge in [0.1, 0.15) is 12.4 Å². The molecule has 1 aliphatic heterocycles. The molecule has 2 atom stereocenters. The van der Waals surface area contributed by atoms with E-state index >= 15 is 0 Å². The number of anilines is 1. The zero-order valence-electron chi connectivity index (χ0n) is 20.9. The minimum Gasteiger partial charge on any atom is -0.497 e.